The minimum atomic E-state index is -3.60. The summed E-state index contributed by atoms with van der Waals surface area (Å²) in [7, 11) is -3.60. The number of rotatable bonds is 11. The van der Waals surface area contributed by atoms with E-state index in [1.807, 2.05) is 31.4 Å². The number of benzene rings is 2. The number of thiazole rings is 1. The highest BCUT2D eigenvalue weighted by Crippen LogP contribution is 2.35. The number of carbonyl (C=O) groups excluding carboxylic acids is 1. The molecule has 1 unspecified atom stereocenters. The van der Waals surface area contributed by atoms with Crippen LogP contribution in [0.5, 0.6) is 0 Å². The molecule has 1 fully saturated rings. The van der Waals surface area contributed by atoms with Crippen molar-refractivity contribution in [2.24, 2.45) is 0 Å². The zero-order chi connectivity index (χ0) is 27.3. The second-order valence-electron chi connectivity index (χ2n) is 9.49. The number of hydrogen-bond acceptors (Lipinski definition) is 7. The van der Waals surface area contributed by atoms with Crippen LogP contribution in [-0.4, -0.2) is 73.5 Å². The minimum Gasteiger partial charge on any atom is -0.302 e. The van der Waals surface area contributed by atoms with Gasteiger partial charge in [-0.1, -0.05) is 44.6 Å². The van der Waals surface area contributed by atoms with Crippen molar-refractivity contribution in [3.05, 3.63) is 48.0 Å². The molecular weight excluding hydrogens is 537 g/mol. The molecule has 1 aliphatic rings. The average Bonchev–Trinajstić information content (AvgIpc) is 3.39. The van der Waals surface area contributed by atoms with Gasteiger partial charge in [0.15, 0.2) is 5.13 Å². The summed E-state index contributed by atoms with van der Waals surface area (Å²) in [5.41, 5.74) is 1.37. The Hall–Kier alpha value is -1.98. The van der Waals surface area contributed by atoms with Crippen molar-refractivity contribution >= 4 is 54.4 Å². The smallest absolute Gasteiger partial charge is 0.260 e. The number of carbonyl (C=O) groups is 1. The number of hydrogen-bond donors (Lipinski definition) is 0. The number of aromatic nitrogens is 1. The molecule has 0 bridgehead atoms. The Bertz CT molecular complexity index is 1340. The molecule has 3 aromatic rings. The summed E-state index contributed by atoms with van der Waals surface area (Å²) in [5.74, 6) is -0.171. The lowest BCUT2D eigenvalue weighted by Crippen LogP contribution is -2.43. The Morgan fingerprint density at radius 3 is 2.47 bits per heavy atom. The van der Waals surface area contributed by atoms with E-state index in [-0.39, 0.29) is 16.8 Å². The first-order chi connectivity index (χ1) is 18.3. The topological polar surface area (TPSA) is 73.8 Å². The number of fused-ring (bicyclic) bond motifs is 1. The lowest BCUT2D eigenvalue weighted by Gasteiger charge is -2.34. The zero-order valence-electron chi connectivity index (χ0n) is 22.7. The Kier molecular flexibility index (Phi) is 9.86. The summed E-state index contributed by atoms with van der Waals surface area (Å²) in [6.45, 7) is 9.84. The van der Waals surface area contributed by atoms with Crippen LogP contribution in [0, 0.1) is 0 Å². The standard InChI is InChI=1S/C28H38N4O3S3/c1-5-22-11-8-9-18-32(22)38(34,35)23-16-14-21(15-17-23)27(33)31(20-19-30(6-2)7-3)28-29-26-24(36-4)12-10-13-25(26)37-28/h10,12-17,22H,5-9,11,18-20H2,1-4H3. The normalized spacial score (nSPS) is 16.8. The number of anilines is 1. The van der Waals surface area contributed by atoms with Gasteiger partial charge in [-0.05, 0) is 75.0 Å². The summed E-state index contributed by atoms with van der Waals surface area (Å²) in [6, 6.07) is 12.6. The van der Waals surface area contributed by atoms with Gasteiger partial charge in [-0.2, -0.15) is 4.31 Å². The number of thioether (sulfide) groups is 1. The van der Waals surface area contributed by atoms with E-state index in [1.165, 1.54) is 11.3 Å². The average molecular weight is 575 g/mol. The first kappa shape index (κ1) is 29.0. The molecule has 7 nitrogen and oxygen atoms in total. The quantitative estimate of drug-likeness (QED) is 0.263. The molecule has 10 heteroatoms. The predicted molar refractivity (Wildman–Crippen MR) is 159 cm³/mol. The van der Waals surface area contributed by atoms with E-state index < -0.39 is 10.0 Å². The van der Waals surface area contributed by atoms with E-state index in [0.29, 0.717) is 23.8 Å². The van der Waals surface area contributed by atoms with Crippen LogP contribution in [-0.2, 0) is 10.0 Å². The molecule has 0 radical (unpaired) electrons. The number of piperidine rings is 1. The van der Waals surface area contributed by atoms with Gasteiger partial charge in [0.1, 0.15) is 0 Å². The maximum absolute atomic E-state index is 13.8. The molecule has 38 heavy (non-hydrogen) atoms. The summed E-state index contributed by atoms with van der Waals surface area (Å²) >= 11 is 3.16. The molecule has 206 valence electrons. The van der Waals surface area contributed by atoms with E-state index in [0.717, 1.165) is 60.4 Å². The van der Waals surface area contributed by atoms with E-state index in [1.54, 1.807) is 45.2 Å². The van der Waals surface area contributed by atoms with Crippen molar-refractivity contribution in [2.45, 2.75) is 62.3 Å². The highest BCUT2D eigenvalue weighted by Gasteiger charge is 2.32. The maximum Gasteiger partial charge on any atom is 0.260 e. The van der Waals surface area contributed by atoms with Crippen LogP contribution in [0.25, 0.3) is 10.2 Å². The zero-order valence-corrected chi connectivity index (χ0v) is 25.2. The Balaban J connectivity index is 1.64. The van der Waals surface area contributed by atoms with Crippen molar-refractivity contribution in [2.75, 3.05) is 43.9 Å². The lowest BCUT2D eigenvalue weighted by atomic mass is 10.0. The molecule has 2 heterocycles. The number of sulfonamides is 1. The molecule has 1 amide bonds. The second kappa shape index (κ2) is 12.9. The first-order valence-electron chi connectivity index (χ1n) is 13.4. The van der Waals surface area contributed by atoms with Crippen LogP contribution in [0.1, 0.15) is 56.8 Å². The highest BCUT2D eigenvalue weighted by molar-refractivity contribution is 7.98. The number of nitrogens with zero attached hydrogens (tertiary/aromatic N) is 4. The summed E-state index contributed by atoms with van der Waals surface area (Å²) in [5, 5.41) is 0.662. The van der Waals surface area contributed by atoms with Crippen LogP contribution in [0.15, 0.2) is 52.3 Å². The van der Waals surface area contributed by atoms with Crippen molar-refractivity contribution in [3.63, 3.8) is 0 Å². The van der Waals surface area contributed by atoms with Gasteiger partial charge in [-0.3, -0.25) is 9.69 Å². The molecule has 2 aromatic carbocycles. The van der Waals surface area contributed by atoms with Crippen LogP contribution in [0.2, 0.25) is 0 Å². The van der Waals surface area contributed by atoms with Gasteiger partial charge in [0.05, 0.1) is 15.1 Å². The first-order valence-corrected chi connectivity index (χ1v) is 16.9. The Morgan fingerprint density at radius 2 is 1.82 bits per heavy atom. The molecule has 1 atom stereocenters. The third kappa shape index (κ3) is 6.09. The number of para-hydroxylation sites is 1. The van der Waals surface area contributed by atoms with Gasteiger partial charge < -0.3 is 4.90 Å². The van der Waals surface area contributed by atoms with Gasteiger partial charge in [0.2, 0.25) is 10.0 Å². The van der Waals surface area contributed by atoms with Crippen LogP contribution >= 0.6 is 23.1 Å². The van der Waals surface area contributed by atoms with E-state index in [9.17, 15) is 13.2 Å². The summed E-state index contributed by atoms with van der Waals surface area (Å²) in [4.78, 5) is 24.1. The van der Waals surface area contributed by atoms with Crippen LogP contribution in [0.3, 0.4) is 0 Å². The molecule has 1 aromatic heterocycles. The third-order valence-electron chi connectivity index (χ3n) is 7.35. The van der Waals surface area contributed by atoms with Gasteiger partial charge >= 0.3 is 0 Å². The van der Waals surface area contributed by atoms with Crippen LogP contribution < -0.4 is 4.90 Å². The minimum absolute atomic E-state index is 0.0378. The molecule has 1 aliphatic heterocycles. The van der Waals surface area contributed by atoms with Crippen molar-refractivity contribution in [3.8, 4) is 0 Å². The molecule has 0 N–H and O–H groups in total. The Labute approximate surface area is 235 Å². The van der Waals surface area contributed by atoms with Crippen molar-refractivity contribution < 1.29 is 13.2 Å². The highest BCUT2D eigenvalue weighted by atomic mass is 32.2. The molecule has 4 rings (SSSR count). The molecule has 1 saturated heterocycles. The molecule has 0 saturated carbocycles. The second-order valence-corrected chi connectivity index (χ2v) is 13.2. The lowest BCUT2D eigenvalue weighted by molar-refractivity contribution is 0.0983. The van der Waals surface area contributed by atoms with E-state index in [2.05, 4.69) is 18.7 Å². The fourth-order valence-corrected chi connectivity index (χ4v) is 8.43. The molecular formula is C28H38N4O3S3. The van der Waals surface area contributed by atoms with Gasteiger partial charge in [-0.15, -0.1) is 11.8 Å². The summed E-state index contributed by atoms with van der Waals surface area (Å²) < 4.78 is 29.5. The van der Waals surface area contributed by atoms with Crippen molar-refractivity contribution in [1.29, 1.82) is 0 Å². The van der Waals surface area contributed by atoms with Gasteiger partial charge in [0, 0.05) is 36.1 Å². The predicted octanol–water partition coefficient (Wildman–Crippen LogP) is 5.96. The fourth-order valence-electron chi connectivity index (χ4n) is 5.02. The van der Waals surface area contributed by atoms with Crippen molar-refractivity contribution in [1.82, 2.24) is 14.2 Å². The molecule has 0 spiro atoms. The maximum atomic E-state index is 13.8. The Morgan fingerprint density at radius 1 is 1.08 bits per heavy atom. The largest absolute Gasteiger partial charge is 0.302 e. The number of amides is 1. The van der Waals surface area contributed by atoms with Gasteiger partial charge in [0.25, 0.3) is 5.91 Å². The molecule has 0 aliphatic carbocycles. The van der Waals surface area contributed by atoms with Crippen LogP contribution in [0.4, 0.5) is 5.13 Å². The van der Waals surface area contributed by atoms with E-state index >= 15 is 0 Å². The third-order valence-corrected chi connectivity index (χ3v) is 11.1. The van der Waals surface area contributed by atoms with E-state index in [4.69, 9.17) is 4.98 Å². The monoisotopic (exact) mass is 574 g/mol. The fraction of sp³-hybridized carbons (Fsp3) is 0.500. The number of likely N-dealkylation sites (N-methyl/N-ethyl adjacent to an activating group) is 1. The van der Waals surface area contributed by atoms with Gasteiger partial charge in [-0.25, -0.2) is 13.4 Å². The summed E-state index contributed by atoms with van der Waals surface area (Å²) in [6.07, 6.45) is 5.67. The SMILES string of the molecule is CCC1CCCCN1S(=O)(=O)c1ccc(C(=O)N(CCN(CC)CC)c2nc3c(SC)cccc3s2)cc1.